The summed E-state index contributed by atoms with van der Waals surface area (Å²) in [5.74, 6) is 2.10. The fraction of sp³-hybridized carbons (Fsp3) is 0.382. The van der Waals surface area contributed by atoms with Crippen LogP contribution in [-0.2, 0) is 0 Å². The Labute approximate surface area is 246 Å². The number of rotatable bonds is 12. The van der Waals surface area contributed by atoms with Crippen molar-refractivity contribution in [2.24, 2.45) is 0 Å². The molecule has 4 aromatic rings. The van der Waals surface area contributed by atoms with E-state index in [9.17, 15) is 4.79 Å². The zero-order valence-corrected chi connectivity index (χ0v) is 24.6. The Morgan fingerprint density at radius 1 is 0.805 bits per heavy atom. The van der Waals surface area contributed by atoms with Crippen LogP contribution in [0.2, 0.25) is 0 Å². The summed E-state index contributed by atoms with van der Waals surface area (Å²) >= 11 is 1.60. The number of nitrogens with zero attached hydrogens (tertiary/aromatic N) is 2. The van der Waals surface area contributed by atoms with Gasteiger partial charge in [0, 0.05) is 39.7 Å². The molecule has 0 unspecified atom stereocenters. The number of hydrogen-bond acceptors (Lipinski definition) is 7. The Balaban J connectivity index is 1.18. The summed E-state index contributed by atoms with van der Waals surface area (Å²) in [6.45, 7) is 7.81. The van der Waals surface area contributed by atoms with Crippen LogP contribution in [0.1, 0.15) is 41.6 Å². The highest BCUT2D eigenvalue weighted by Gasteiger charge is 2.20. The predicted molar refractivity (Wildman–Crippen MR) is 166 cm³/mol. The molecule has 41 heavy (non-hydrogen) atoms. The number of thiophene rings is 1. The zero-order chi connectivity index (χ0) is 28.0. The Hall–Kier alpha value is -3.39. The van der Waals surface area contributed by atoms with Gasteiger partial charge in [0.05, 0.1) is 7.11 Å². The zero-order valence-electron chi connectivity index (χ0n) is 23.8. The predicted octanol–water partition coefficient (Wildman–Crippen LogP) is 6.76. The minimum atomic E-state index is -0.0208. The van der Waals surface area contributed by atoms with Gasteiger partial charge in [0.25, 0.3) is 0 Å². The molecule has 0 atom stereocenters. The largest absolute Gasteiger partial charge is 0.493 e. The third-order valence-electron chi connectivity index (χ3n) is 8.17. The maximum Gasteiger partial charge on any atom is 0.194 e. The first-order valence-electron chi connectivity index (χ1n) is 14.7. The van der Waals surface area contributed by atoms with Crippen molar-refractivity contribution in [1.29, 1.82) is 0 Å². The maximum atomic E-state index is 13.8. The van der Waals surface area contributed by atoms with E-state index in [1.165, 1.54) is 38.8 Å². The fourth-order valence-corrected chi connectivity index (χ4v) is 6.86. The second-order valence-corrected chi connectivity index (χ2v) is 11.8. The molecule has 3 aromatic carbocycles. The van der Waals surface area contributed by atoms with E-state index in [2.05, 4.69) is 40.1 Å². The lowest BCUT2D eigenvalue weighted by molar-refractivity contribution is 0.104. The van der Waals surface area contributed by atoms with E-state index in [-0.39, 0.29) is 5.78 Å². The summed E-state index contributed by atoms with van der Waals surface area (Å²) in [5, 5.41) is 2.95. The van der Waals surface area contributed by atoms with Gasteiger partial charge in [-0.05, 0) is 99.4 Å². The van der Waals surface area contributed by atoms with Crippen LogP contribution in [0.3, 0.4) is 0 Å². The van der Waals surface area contributed by atoms with Gasteiger partial charge in [-0.15, -0.1) is 11.3 Å². The highest BCUT2D eigenvalue weighted by Crippen LogP contribution is 2.38. The summed E-state index contributed by atoms with van der Waals surface area (Å²) in [5.41, 5.74) is 3.40. The van der Waals surface area contributed by atoms with Gasteiger partial charge in [0.1, 0.15) is 19.0 Å². The van der Waals surface area contributed by atoms with Crippen molar-refractivity contribution in [3.63, 3.8) is 0 Å². The quantitative estimate of drug-likeness (QED) is 0.176. The molecule has 3 heterocycles. The average molecular weight is 571 g/mol. The molecule has 2 aliphatic heterocycles. The van der Waals surface area contributed by atoms with Crippen LogP contribution in [0.25, 0.3) is 21.2 Å². The third-order valence-corrected chi connectivity index (χ3v) is 9.12. The molecular formula is C34H38N2O4S. The smallest absolute Gasteiger partial charge is 0.194 e. The minimum Gasteiger partial charge on any atom is -0.493 e. The van der Waals surface area contributed by atoms with Crippen LogP contribution in [0, 0.1) is 0 Å². The van der Waals surface area contributed by atoms with Crippen molar-refractivity contribution in [2.75, 3.05) is 59.6 Å². The van der Waals surface area contributed by atoms with Crippen LogP contribution < -0.4 is 14.2 Å². The lowest BCUT2D eigenvalue weighted by Crippen LogP contribution is -2.25. The van der Waals surface area contributed by atoms with Crippen LogP contribution in [-0.4, -0.2) is 75.2 Å². The Kier molecular flexibility index (Phi) is 8.85. The van der Waals surface area contributed by atoms with Crippen molar-refractivity contribution in [3.8, 4) is 28.4 Å². The molecule has 0 radical (unpaired) electrons. The molecule has 0 saturated carbocycles. The molecule has 2 saturated heterocycles. The van der Waals surface area contributed by atoms with Crippen LogP contribution >= 0.6 is 11.3 Å². The first-order chi connectivity index (χ1) is 20.2. The SMILES string of the molecule is COc1cc(C(=O)c2csc3cccc(-c4ccc(OCCN5CCCC5)cc4)c23)ccc1OCCN1CCCC1. The average Bonchev–Trinajstić information content (AvgIpc) is 3.80. The Morgan fingerprint density at radius 3 is 2.17 bits per heavy atom. The first-order valence-corrected chi connectivity index (χ1v) is 15.6. The van der Waals surface area contributed by atoms with Crippen LogP contribution in [0.5, 0.6) is 17.2 Å². The highest BCUT2D eigenvalue weighted by atomic mass is 32.1. The highest BCUT2D eigenvalue weighted by molar-refractivity contribution is 7.17. The maximum absolute atomic E-state index is 13.8. The number of carbonyl (C=O) groups excluding carboxylic acids is 1. The van der Waals surface area contributed by atoms with Crippen molar-refractivity contribution < 1.29 is 19.0 Å². The van der Waals surface area contributed by atoms with E-state index in [0.717, 1.165) is 53.1 Å². The van der Waals surface area contributed by atoms with E-state index in [4.69, 9.17) is 14.2 Å². The minimum absolute atomic E-state index is 0.0208. The van der Waals surface area contributed by atoms with E-state index >= 15 is 0 Å². The number of fused-ring (bicyclic) bond motifs is 1. The lowest BCUT2D eigenvalue weighted by Gasteiger charge is -2.16. The Bertz CT molecular complexity index is 1470. The second-order valence-electron chi connectivity index (χ2n) is 10.8. The topological polar surface area (TPSA) is 51.2 Å². The molecular weight excluding hydrogens is 532 g/mol. The lowest BCUT2D eigenvalue weighted by atomic mass is 9.95. The molecule has 7 heteroatoms. The molecule has 2 aliphatic rings. The van der Waals surface area contributed by atoms with E-state index < -0.39 is 0 Å². The molecule has 1 aromatic heterocycles. The summed E-state index contributed by atoms with van der Waals surface area (Å²) in [4.78, 5) is 18.7. The molecule has 214 valence electrons. The van der Waals surface area contributed by atoms with Crippen LogP contribution in [0.4, 0.5) is 0 Å². The summed E-state index contributed by atoms with van der Waals surface area (Å²) < 4.78 is 18.8. The molecule has 0 bridgehead atoms. The van der Waals surface area contributed by atoms with Gasteiger partial charge in [0.15, 0.2) is 17.3 Å². The number of ether oxygens (including phenoxy) is 3. The normalized spacial score (nSPS) is 15.9. The van der Waals surface area contributed by atoms with Crippen molar-refractivity contribution in [2.45, 2.75) is 25.7 Å². The van der Waals surface area contributed by atoms with Crippen molar-refractivity contribution in [1.82, 2.24) is 9.80 Å². The molecule has 0 aliphatic carbocycles. The summed E-state index contributed by atoms with van der Waals surface area (Å²) in [6, 6.07) is 19.9. The molecule has 0 amide bonds. The number of benzene rings is 3. The van der Waals surface area contributed by atoms with Crippen LogP contribution in [0.15, 0.2) is 66.0 Å². The van der Waals surface area contributed by atoms with E-state index in [1.54, 1.807) is 24.5 Å². The van der Waals surface area contributed by atoms with E-state index in [1.807, 2.05) is 29.6 Å². The summed E-state index contributed by atoms with van der Waals surface area (Å²) in [6.07, 6.45) is 5.11. The van der Waals surface area contributed by atoms with Gasteiger partial charge in [-0.25, -0.2) is 0 Å². The monoisotopic (exact) mass is 570 g/mol. The molecule has 6 rings (SSSR count). The van der Waals surface area contributed by atoms with Gasteiger partial charge in [0.2, 0.25) is 0 Å². The number of ketones is 1. The number of likely N-dealkylation sites (tertiary alicyclic amines) is 2. The second kappa shape index (κ2) is 13.1. The number of hydrogen-bond donors (Lipinski definition) is 0. The van der Waals surface area contributed by atoms with Gasteiger partial charge >= 0.3 is 0 Å². The fourth-order valence-electron chi connectivity index (χ4n) is 5.90. The van der Waals surface area contributed by atoms with Gasteiger partial charge < -0.3 is 14.2 Å². The molecule has 6 nitrogen and oxygen atoms in total. The molecule has 0 N–H and O–H groups in total. The van der Waals surface area contributed by atoms with Gasteiger partial charge in [-0.3, -0.25) is 14.6 Å². The Morgan fingerprint density at radius 2 is 1.49 bits per heavy atom. The molecule has 2 fully saturated rings. The summed E-state index contributed by atoms with van der Waals surface area (Å²) in [7, 11) is 1.62. The first kappa shape index (κ1) is 27.8. The van der Waals surface area contributed by atoms with Gasteiger partial charge in [-0.1, -0.05) is 24.3 Å². The van der Waals surface area contributed by atoms with E-state index in [0.29, 0.717) is 35.8 Å². The van der Waals surface area contributed by atoms with Gasteiger partial charge in [-0.2, -0.15) is 0 Å². The number of carbonyl (C=O) groups is 1. The standard InChI is InChI=1S/C34H38N2O4S/c1-38-31-23-26(11-14-30(31)40-22-20-36-17-4-5-18-36)34(37)29-24-41-32-8-6-7-28(33(29)32)25-9-12-27(13-10-25)39-21-19-35-15-2-3-16-35/h6-14,23-24H,2-5,15-22H2,1H3. The third kappa shape index (κ3) is 6.43. The van der Waals surface area contributed by atoms with Crippen molar-refractivity contribution >= 4 is 27.2 Å². The number of methoxy groups -OCH3 is 1. The molecule has 0 spiro atoms. The van der Waals surface area contributed by atoms with Crippen molar-refractivity contribution in [3.05, 3.63) is 77.2 Å².